The number of rotatable bonds is 5. The number of nitrogens with one attached hydrogen (secondary N) is 1. The third-order valence-corrected chi connectivity index (χ3v) is 4.14. The molecule has 3 nitrogen and oxygen atoms in total. The van der Waals surface area contributed by atoms with Crippen molar-refractivity contribution in [1.29, 1.82) is 0 Å². The van der Waals surface area contributed by atoms with Gasteiger partial charge in [0, 0.05) is 6.54 Å². The molecule has 0 aromatic heterocycles. The van der Waals surface area contributed by atoms with Gasteiger partial charge in [0.25, 0.3) is 0 Å². The van der Waals surface area contributed by atoms with Gasteiger partial charge in [-0.05, 0) is 29.5 Å². The molecule has 1 aliphatic heterocycles. The molecule has 21 heavy (non-hydrogen) atoms. The predicted octanol–water partition coefficient (Wildman–Crippen LogP) is 3.33. The molecular formula is C17H25FN2O. The van der Waals surface area contributed by atoms with Crippen LogP contribution in [0.1, 0.15) is 45.8 Å². The van der Waals surface area contributed by atoms with Crippen LogP contribution in [-0.2, 0) is 4.79 Å². The quantitative estimate of drug-likeness (QED) is 0.903. The molecule has 4 heteroatoms. The van der Waals surface area contributed by atoms with Gasteiger partial charge in [-0.25, -0.2) is 4.39 Å². The molecule has 0 aliphatic carbocycles. The lowest BCUT2D eigenvalue weighted by Gasteiger charge is -2.26. The lowest BCUT2D eigenvalue weighted by Crippen LogP contribution is -2.36. The van der Waals surface area contributed by atoms with Gasteiger partial charge in [0.15, 0.2) is 0 Å². The Hall–Kier alpha value is -1.42. The van der Waals surface area contributed by atoms with E-state index in [1.807, 2.05) is 11.0 Å². The zero-order valence-corrected chi connectivity index (χ0v) is 13.3. The Morgan fingerprint density at radius 2 is 2.05 bits per heavy atom. The molecule has 0 radical (unpaired) electrons. The van der Waals surface area contributed by atoms with Crippen molar-refractivity contribution < 1.29 is 9.18 Å². The van der Waals surface area contributed by atoms with Crippen LogP contribution < -0.4 is 5.32 Å². The Kier molecular flexibility index (Phi) is 4.99. The SMILES string of the molecule is CCC(C)C1NC(c2cccc(F)c2)N(CC(C)C)C1=O. The second-order valence-corrected chi connectivity index (χ2v) is 6.37. The van der Waals surface area contributed by atoms with E-state index in [9.17, 15) is 9.18 Å². The predicted molar refractivity (Wildman–Crippen MR) is 82.1 cm³/mol. The monoisotopic (exact) mass is 292 g/mol. The van der Waals surface area contributed by atoms with Crippen molar-refractivity contribution in [1.82, 2.24) is 10.2 Å². The van der Waals surface area contributed by atoms with Gasteiger partial charge in [0.1, 0.15) is 12.0 Å². The molecule has 116 valence electrons. The van der Waals surface area contributed by atoms with Crippen LogP contribution in [0.2, 0.25) is 0 Å². The summed E-state index contributed by atoms with van der Waals surface area (Å²) >= 11 is 0. The first-order valence-corrected chi connectivity index (χ1v) is 7.76. The van der Waals surface area contributed by atoms with Crippen molar-refractivity contribution in [3.8, 4) is 0 Å². The Bertz CT molecular complexity index is 503. The van der Waals surface area contributed by atoms with E-state index in [2.05, 4.69) is 33.0 Å². The van der Waals surface area contributed by atoms with Crippen LogP contribution in [0.3, 0.4) is 0 Å². The van der Waals surface area contributed by atoms with Crippen LogP contribution >= 0.6 is 0 Å². The molecule has 2 rings (SSSR count). The van der Waals surface area contributed by atoms with E-state index in [0.717, 1.165) is 12.0 Å². The minimum absolute atomic E-state index is 0.132. The number of hydrogen-bond donors (Lipinski definition) is 1. The molecule has 1 heterocycles. The van der Waals surface area contributed by atoms with E-state index < -0.39 is 0 Å². The first kappa shape index (κ1) is 16.0. The molecule has 0 spiro atoms. The number of carbonyl (C=O) groups excluding carboxylic acids is 1. The van der Waals surface area contributed by atoms with Gasteiger partial charge in [-0.1, -0.05) is 46.2 Å². The van der Waals surface area contributed by atoms with Gasteiger partial charge < -0.3 is 4.90 Å². The van der Waals surface area contributed by atoms with Crippen molar-refractivity contribution in [3.63, 3.8) is 0 Å². The molecule has 0 bridgehead atoms. The molecule has 3 atom stereocenters. The van der Waals surface area contributed by atoms with Gasteiger partial charge in [-0.15, -0.1) is 0 Å². The molecule has 3 unspecified atom stereocenters. The molecule has 1 aromatic carbocycles. The number of benzene rings is 1. The number of nitrogens with zero attached hydrogens (tertiary/aromatic N) is 1. The summed E-state index contributed by atoms with van der Waals surface area (Å²) in [6.45, 7) is 9.03. The molecule has 1 amide bonds. The summed E-state index contributed by atoms with van der Waals surface area (Å²) in [5.74, 6) is 0.513. The highest BCUT2D eigenvalue weighted by Gasteiger charge is 2.41. The maximum atomic E-state index is 13.5. The minimum atomic E-state index is -0.266. The summed E-state index contributed by atoms with van der Waals surface area (Å²) in [5, 5.41) is 3.40. The van der Waals surface area contributed by atoms with Crippen LogP contribution in [0, 0.1) is 17.7 Å². The zero-order valence-electron chi connectivity index (χ0n) is 13.3. The number of halogens is 1. The normalized spacial score (nSPS) is 23.9. The zero-order chi connectivity index (χ0) is 15.6. The van der Waals surface area contributed by atoms with E-state index in [0.29, 0.717) is 12.5 Å². The Balaban J connectivity index is 2.30. The summed E-state index contributed by atoms with van der Waals surface area (Å²) in [6, 6.07) is 6.33. The first-order chi connectivity index (χ1) is 9.93. The third-order valence-electron chi connectivity index (χ3n) is 4.14. The number of carbonyl (C=O) groups is 1. The van der Waals surface area contributed by atoms with Crippen molar-refractivity contribution in [2.75, 3.05) is 6.54 Å². The van der Waals surface area contributed by atoms with Crippen LogP contribution in [0.5, 0.6) is 0 Å². The van der Waals surface area contributed by atoms with Crippen molar-refractivity contribution >= 4 is 5.91 Å². The summed E-state index contributed by atoms with van der Waals surface area (Å²) < 4.78 is 13.5. The molecule has 1 fully saturated rings. The maximum Gasteiger partial charge on any atom is 0.241 e. The number of amides is 1. The second kappa shape index (κ2) is 6.56. The van der Waals surface area contributed by atoms with E-state index in [1.54, 1.807) is 6.07 Å². The van der Waals surface area contributed by atoms with E-state index in [-0.39, 0.29) is 29.8 Å². The Morgan fingerprint density at radius 1 is 1.33 bits per heavy atom. The van der Waals surface area contributed by atoms with Crippen LogP contribution in [0.4, 0.5) is 4.39 Å². The standard InChI is InChI=1S/C17H25FN2O/c1-5-12(4)15-17(21)20(10-11(2)3)16(19-15)13-7-6-8-14(18)9-13/h6-9,11-12,15-16,19H,5,10H2,1-4H3. The van der Waals surface area contributed by atoms with Gasteiger partial charge in [-0.3, -0.25) is 10.1 Å². The highest BCUT2D eigenvalue weighted by molar-refractivity contribution is 5.85. The van der Waals surface area contributed by atoms with E-state index >= 15 is 0 Å². The minimum Gasteiger partial charge on any atom is -0.321 e. The largest absolute Gasteiger partial charge is 0.321 e. The van der Waals surface area contributed by atoms with Crippen LogP contribution in [0.15, 0.2) is 24.3 Å². The Morgan fingerprint density at radius 3 is 2.62 bits per heavy atom. The van der Waals surface area contributed by atoms with Gasteiger partial charge in [-0.2, -0.15) is 0 Å². The molecule has 1 N–H and O–H groups in total. The number of hydrogen-bond acceptors (Lipinski definition) is 2. The fraction of sp³-hybridized carbons (Fsp3) is 0.588. The highest BCUT2D eigenvalue weighted by atomic mass is 19.1. The topological polar surface area (TPSA) is 32.3 Å². The summed E-state index contributed by atoms with van der Waals surface area (Å²) in [7, 11) is 0. The lowest BCUT2D eigenvalue weighted by molar-refractivity contribution is -0.131. The fourth-order valence-corrected chi connectivity index (χ4v) is 2.82. The summed E-state index contributed by atoms with van der Waals surface area (Å²) in [4.78, 5) is 14.5. The van der Waals surface area contributed by atoms with Crippen molar-refractivity contribution in [2.45, 2.75) is 46.3 Å². The van der Waals surface area contributed by atoms with Crippen molar-refractivity contribution in [2.24, 2.45) is 11.8 Å². The molecular weight excluding hydrogens is 267 g/mol. The van der Waals surface area contributed by atoms with Crippen LogP contribution in [-0.4, -0.2) is 23.4 Å². The summed E-state index contributed by atoms with van der Waals surface area (Å²) in [6.07, 6.45) is 0.712. The summed E-state index contributed by atoms with van der Waals surface area (Å²) in [5.41, 5.74) is 0.815. The average molecular weight is 292 g/mol. The third kappa shape index (κ3) is 3.43. The van der Waals surface area contributed by atoms with Gasteiger partial charge in [0.2, 0.25) is 5.91 Å². The fourth-order valence-electron chi connectivity index (χ4n) is 2.82. The second-order valence-electron chi connectivity index (χ2n) is 6.37. The van der Waals surface area contributed by atoms with Crippen LogP contribution in [0.25, 0.3) is 0 Å². The van der Waals surface area contributed by atoms with E-state index in [4.69, 9.17) is 0 Å². The lowest BCUT2D eigenvalue weighted by atomic mass is 9.99. The molecule has 1 aliphatic rings. The Labute approximate surface area is 126 Å². The maximum absolute atomic E-state index is 13.5. The van der Waals surface area contributed by atoms with Gasteiger partial charge in [0.05, 0.1) is 6.04 Å². The van der Waals surface area contributed by atoms with Gasteiger partial charge >= 0.3 is 0 Å². The molecule has 1 saturated heterocycles. The first-order valence-electron chi connectivity index (χ1n) is 7.76. The van der Waals surface area contributed by atoms with E-state index in [1.165, 1.54) is 12.1 Å². The molecule has 0 saturated carbocycles. The van der Waals surface area contributed by atoms with Crippen molar-refractivity contribution in [3.05, 3.63) is 35.6 Å². The molecule has 1 aromatic rings. The smallest absolute Gasteiger partial charge is 0.241 e. The highest BCUT2D eigenvalue weighted by Crippen LogP contribution is 2.30. The average Bonchev–Trinajstić information content (AvgIpc) is 2.75.